The van der Waals surface area contributed by atoms with E-state index >= 15 is 0 Å². The summed E-state index contributed by atoms with van der Waals surface area (Å²) in [7, 11) is 0. The molecule has 0 saturated heterocycles. The minimum Gasteiger partial charge on any atom is -0.379 e. The summed E-state index contributed by atoms with van der Waals surface area (Å²) in [6.07, 6.45) is 3.98. The Balaban J connectivity index is 1.74. The van der Waals surface area contributed by atoms with Crippen LogP contribution in [0, 0.1) is 22.7 Å². The molecule has 116 valence electrons. The number of anilines is 1. The molecular weight excluding hydrogens is 286 g/mol. The first-order chi connectivity index (χ1) is 9.75. The van der Waals surface area contributed by atoms with Gasteiger partial charge in [0.25, 0.3) is 5.56 Å². The molecule has 2 aliphatic carbocycles. The molecule has 0 bridgehead atoms. The van der Waals surface area contributed by atoms with Gasteiger partial charge in [-0.3, -0.25) is 4.79 Å². The van der Waals surface area contributed by atoms with E-state index in [-0.39, 0.29) is 5.56 Å². The second-order valence-corrected chi connectivity index (χ2v) is 8.08. The predicted octanol–water partition coefficient (Wildman–Crippen LogP) is 3.40. The normalized spacial score (nSPS) is 23.1. The van der Waals surface area contributed by atoms with Crippen molar-refractivity contribution in [2.45, 2.75) is 47.1 Å². The van der Waals surface area contributed by atoms with Gasteiger partial charge in [0, 0.05) is 13.1 Å². The molecule has 2 saturated carbocycles. The topological polar surface area (TPSA) is 46.9 Å². The zero-order valence-corrected chi connectivity index (χ0v) is 14.0. The fourth-order valence-corrected chi connectivity index (χ4v) is 3.54. The summed E-state index contributed by atoms with van der Waals surface area (Å²) in [4.78, 5) is 12.5. The molecule has 1 N–H and O–H groups in total. The molecule has 1 aromatic rings. The maximum absolute atomic E-state index is 12.5. The number of halogens is 1. The molecule has 0 aromatic carbocycles. The highest BCUT2D eigenvalue weighted by atomic mass is 35.5. The molecule has 0 unspecified atom stereocenters. The van der Waals surface area contributed by atoms with Crippen molar-refractivity contribution in [1.82, 2.24) is 9.78 Å². The van der Waals surface area contributed by atoms with Crippen molar-refractivity contribution >= 4 is 17.3 Å². The van der Waals surface area contributed by atoms with Crippen molar-refractivity contribution in [1.29, 1.82) is 0 Å². The molecule has 0 aliphatic heterocycles. The van der Waals surface area contributed by atoms with E-state index in [1.807, 2.05) is 0 Å². The summed E-state index contributed by atoms with van der Waals surface area (Å²) in [5.74, 6) is 1.16. The highest BCUT2D eigenvalue weighted by Crippen LogP contribution is 2.68. The lowest BCUT2D eigenvalue weighted by atomic mass is 10.0. The Morgan fingerprint density at radius 3 is 2.48 bits per heavy atom. The maximum atomic E-state index is 12.5. The smallest absolute Gasteiger partial charge is 0.291 e. The van der Waals surface area contributed by atoms with Gasteiger partial charge in [-0.15, -0.1) is 0 Å². The summed E-state index contributed by atoms with van der Waals surface area (Å²) in [5, 5.41) is 7.85. The lowest BCUT2D eigenvalue weighted by Crippen LogP contribution is -2.27. The van der Waals surface area contributed by atoms with Gasteiger partial charge in [-0.2, -0.15) is 5.10 Å². The summed E-state index contributed by atoms with van der Waals surface area (Å²) in [6, 6.07) is 0. The van der Waals surface area contributed by atoms with Crippen molar-refractivity contribution in [3.63, 3.8) is 0 Å². The van der Waals surface area contributed by atoms with E-state index in [9.17, 15) is 4.79 Å². The zero-order valence-electron chi connectivity index (χ0n) is 13.2. The zero-order chi connectivity index (χ0) is 15.4. The Morgan fingerprint density at radius 1 is 1.33 bits per heavy atom. The molecule has 0 spiro atoms. The van der Waals surface area contributed by atoms with Crippen molar-refractivity contribution in [2.75, 3.05) is 11.9 Å². The van der Waals surface area contributed by atoms with Crippen molar-refractivity contribution in [3.8, 4) is 0 Å². The average molecular weight is 310 g/mol. The molecule has 21 heavy (non-hydrogen) atoms. The Morgan fingerprint density at radius 2 is 1.95 bits per heavy atom. The van der Waals surface area contributed by atoms with Gasteiger partial charge in [0.1, 0.15) is 5.69 Å². The SMILES string of the molecule is CC1(C)C(CNc2c(Cl)cnn(CC3CC3)c2=O)C1(C)C. The molecule has 2 aliphatic rings. The molecule has 3 rings (SSSR count). The number of nitrogens with zero attached hydrogens (tertiary/aromatic N) is 2. The molecule has 0 radical (unpaired) electrons. The molecule has 2 fully saturated rings. The van der Waals surface area contributed by atoms with Gasteiger partial charge in [-0.05, 0) is 35.5 Å². The van der Waals surface area contributed by atoms with Crippen LogP contribution in [0.3, 0.4) is 0 Å². The predicted molar refractivity (Wildman–Crippen MR) is 85.8 cm³/mol. The lowest BCUT2D eigenvalue weighted by Gasteiger charge is -2.11. The van der Waals surface area contributed by atoms with E-state index in [2.05, 4.69) is 38.1 Å². The van der Waals surface area contributed by atoms with Crippen molar-refractivity contribution < 1.29 is 0 Å². The average Bonchev–Trinajstić information content (AvgIpc) is 3.26. The van der Waals surface area contributed by atoms with E-state index < -0.39 is 0 Å². The quantitative estimate of drug-likeness (QED) is 0.907. The summed E-state index contributed by atoms with van der Waals surface area (Å²) >= 11 is 6.16. The van der Waals surface area contributed by atoms with Gasteiger partial charge < -0.3 is 5.32 Å². The number of nitrogens with one attached hydrogen (secondary N) is 1. The molecule has 0 atom stereocenters. The van der Waals surface area contributed by atoms with Crippen LogP contribution in [0.25, 0.3) is 0 Å². The van der Waals surface area contributed by atoms with Crippen LogP contribution in [0.1, 0.15) is 40.5 Å². The lowest BCUT2D eigenvalue weighted by molar-refractivity contribution is 0.457. The fraction of sp³-hybridized carbons (Fsp3) is 0.750. The Labute approximate surface area is 130 Å². The van der Waals surface area contributed by atoms with E-state index in [0.29, 0.717) is 39.9 Å². The molecular formula is C16H24ClN3O. The minimum absolute atomic E-state index is 0.0920. The Hall–Kier alpha value is -1.03. The second-order valence-electron chi connectivity index (χ2n) is 7.68. The van der Waals surface area contributed by atoms with Gasteiger partial charge in [0.2, 0.25) is 0 Å². The standard InChI is InChI=1S/C16H24ClN3O/c1-15(2)12(16(15,3)4)8-18-13-11(17)7-19-20(14(13)21)9-10-5-6-10/h7,10,12,18H,5-6,8-9H2,1-4H3. The van der Waals surface area contributed by atoms with Crippen molar-refractivity contribution in [2.24, 2.45) is 22.7 Å². The monoisotopic (exact) mass is 309 g/mol. The first kappa shape index (κ1) is 14.9. The van der Waals surface area contributed by atoms with Gasteiger partial charge in [0.15, 0.2) is 0 Å². The third kappa shape index (κ3) is 2.48. The highest BCUT2D eigenvalue weighted by Gasteiger charge is 2.64. The molecule has 0 amide bonds. The maximum Gasteiger partial charge on any atom is 0.291 e. The third-order valence-corrected chi connectivity index (χ3v) is 6.21. The van der Waals surface area contributed by atoms with Crippen molar-refractivity contribution in [3.05, 3.63) is 21.6 Å². The van der Waals surface area contributed by atoms with Crippen LogP contribution >= 0.6 is 11.6 Å². The molecule has 1 heterocycles. The van der Waals surface area contributed by atoms with Gasteiger partial charge in [-0.1, -0.05) is 39.3 Å². The van der Waals surface area contributed by atoms with Crippen LogP contribution in [0.2, 0.25) is 5.02 Å². The van der Waals surface area contributed by atoms with Crippen LogP contribution < -0.4 is 10.9 Å². The minimum atomic E-state index is -0.0920. The van der Waals surface area contributed by atoms with Gasteiger partial charge >= 0.3 is 0 Å². The second kappa shape index (κ2) is 4.73. The molecule has 5 heteroatoms. The molecule has 1 aromatic heterocycles. The van der Waals surface area contributed by atoms with Crippen LogP contribution in [0.4, 0.5) is 5.69 Å². The van der Waals surface area contributed by atoms with Crippen LogP contribution in [-0.4, -0.2) is 16.3 Å². The first-order valence-electron chi connectivity index (χ1n) is 7.74. The largest absolute Gasteiger partial charge is 0.379 e. The van der Waals surface area contributed by atoms with Crippen LogP contribution in [0.15, 0.2) is 11.0 Å². The number of hydrogen-bond donors (Lipinski definition) is 1. The number of aromatic nitrogens is 2. The summed E-state index contributed by atoms with van der Waals surface area (Å²) in [5.41, 5.74) is 1.01. The Kier molecular flexibility index (Phi) is 3.36. The highest BCUT2D eigenvalue weighted by molar-refractivity contribution is 6.32. The van der Waals surface area contributed by atoms with E-state index in [4.69, 9.17) is 11.6 Å². The van der Waals surface area contributed by atoms with Crippen LogP contribution in [0.5, 0.6) is 0 Å². The van der Waals surface area contributed by atoms with Gasteiger partial charge in [-0.25, -0.2) is 4.68 Å². The molecule has 4 nitrogen and oxygen atoms in total. The van der Waals surface area contributed by atoms with E-state index in [0.717, 1.165) is 6.54 Å². The first-order valence-corrected chi connectivity index (χ1v) is 8.12. The van der Waals surface area contributed by atoms with Gasteiger partial charge in [0.05, 0.1) is 11.2 Å². The summed E-state index contributed by atoms with van der Waals surface area (Å²) < 4.78 is 1.55. The van der Waals surface area contributed by atoms with E-state index in [1.165, 1.54) is 12.8 Å². The summed E-state index contributed by atoms with van der Waals surface area (Å²) in [6.45, 7) is 10.6. The number of rotatable bonds is 5. The number of hydrogen-bond acceptors (Lipinski definition) is 3. The van der Waals surface area contributed by atoms with Crippen LogP contribution in [-0.2, 0) is 6.54 Å². The van der Waals surface area contributed by atoms with E-state index in [1.54, 1.807) is 10.9 Å². The fourth-order valence-electron chi connectivity index (χ4n) is 3.35. The third-order valence-electron chi connectivity index (χ3n) is 5.93. The Bertz CT molecular complexity index is 602.